The van der Waals surface area contributed by atoms with Crippen LogP contribution in [0.1, 0.15) is 11.7 Å². The highest BCUT2D eigenvalue weighted by Crippen LogP contribution is 2.39. The molecule has 0 saturated heterocycles. The van der Waals surface area contributed by atoms with Crippen LogP contribution in [0.2, 0.25) is 0 Å². The summed E-state index contributed by atoms with van der Waals surface area (Å²) in [7, 11) is 2.73. The molecule has 0 aromatic heterocycles. The number of carbonyl (C=O) groups excluding carboxylic acids is 1. The van der Waals surface area contributed by atoms with Crippen molar-refractivity contribution in [2.75, 3.05) is 19.1 Å². The van der Waals surface area contributed by atoms with Gasteiger partial charge in [-0.3, -0.25) is 0 Å². The van der Waals surface area contributed by atoms with Crippen LogP contribution in [0.3, 0.4) is 0 Å². The first kappa shape index (κ1) is 10.9. The van der Waals surface area contributed by atoms with Crippen LogP contribution in [0.5, 0.6) is 0 Å². The van der Waals surface area contributed by atoms with Gasteiger partial charge in [-0.05, 0) is 6.07 Å². The van der Waals surface area contributed by atoms with Crippen LogP contribution in [-0.4, -0.2) is 31.6 Å². The highest BCUT2D eigenvalue weighted by Gasteiger charge is 2.41. The van der Waals surface area contributed by atoms with E-state index in [-0.39, 0.29) is 0 Å². The highest BCUT2D eigenvalue weighted by molar-refractivity contribution is 5.91. The quantitative estimate of drug-likeness (QED) is 0.779. The maximum Gasteiger partial charge on any atom is 0.416 e. The molecule has 1 aromatic carbocycles. The Kier molecular flexibility index (Phi) is 2.80. The first-order valence-electron chi connectivity index (χ1n) is 4.87. The molecule has 1 amide bonds. The zero-order chi connectivity index (χ0) is 11.7. The number of aliphatic hydroxyl groups excluding tert-OH is 1. The normalized spacial score (nSPS) is 23.1. The number of hydrogen-bond acceptors (Lipinski definition) is 4. The topological polar surface area (TPSA) is 59.0 Å². The molecule has 0 aliphatic carbocycles. The Labute approximate surface area is 93.2 Å². The number of rotatable bonds is 1. The fraction of sp³-hybridized carbons (Fsp3) is 0.364. The third kappa shape index (κ3) is 1.45. The maximum absolute atomic E-state index is 11.6. The Hall–Kier alpha value is -1.59. The summed E-state index contributed by atoms with van der Waals surface area (Å²) in [5.74, 6) is 0. The lowest BCUT2D eigenvalue weighted by Crippen LogP contribution is -2.40. The predicted octanol–water partition coefficient (Wildman–Crippen LogP) is 1.28. The van der Waals surface area contributed by atoms with Gasteiger partial charge in [0.2, 0.25) is 0 Å². The summed E-state index contributed by atoms with van der Waals surface area (Å²) in [5, 5.41) is 9.98. The monoisotopic (exact) mass is 223 g/mol. The van der Waals surface area contributed by atoms with Gasteiger partial charge in [0.25, 0.3) is 0 Å². The largest absolute Gasteiger partial charge is 0.452 e. The fourth-order valence-electron chi connectivity index (χ4n) is 1.92. The Balaban J connectivity index is 2.46. The minimum absolute atomic E-state index is 0.546. The van der Waals surface area contributed by atoms with Crippen molar-refractivity contribution in [3.63, 3.8) is 0 Å². The van der Waals surface area contributed by atoms with Gasteiger partial charge in [-0.1, -0.05) is 18.2 Å². The fourth-order valence-corrected chi connectivity index (χ4v) is 1.92. The third-order valence-corrected chi connectivity index (χ3v) is 2.65. The molecule has 1 heterocycles. The maximum atomic E-state index is 11.6. The number of methoxy groups -OCH3 is 2. The minimum atomic E-state index is -0.847. The summed E-state index contributed by atoms with van der Waals surface area (Å²) in [4.78, 5) is 12.9. The molecule has 86 valence electrons. The van der Waals surface area contributed by atoms with Crippen LogP contribution < -0.4 is 4.90 Å². The molecule has 0 bridgehead atoms. The SMILES string of the molecule is COC(=O)N1c2ccccc2[C@@H](O)[C@@H]1OC. The second kappa shape index (κ2) is 4.11. The summed E-state index contributed by atoms with van der Waals surface area (Å²) >= 11 is 0. The van der Waals surface area contributed by atoms with Gasteiger partial charge in [-0.15, -0.1) is 0 Å². The standard InChI is InChI=1S/C11H13NO4/c1-15-10-9(13)7-5-3-4-6-8(7)12(10)11(14)16-2/h3-6,9-10,13H,1-2H3/t9-,10+/m1/s1. The molecule has 16 heavy (non-hydrogen) atoms. The predicted molar refractivity (Wildman–Crippen MR) is 57.1 cm³/mol. The molecule has 0 saturated carbocycles. The molecule has 1 N–H and O–H groups in total. The van der Waals surface area contributed by atoms with E-state index >= 15 is 0 Å². The van der Waals surface area contributed by atoms with Gasteiger partial charge in [-0.25, -0.2) is 9.69 Å². The summed E-state index contributed by atoms with van der Waals surface area (Å²) in [6.45, 7) is 0. The van der Waals surface area contributed by atoms with E-state index in [1.807, 2.05) is 0 Å². The number of ether oxygens (including phenoxy) is 2. The van der Waals surface area contributed by atoms with Crippen molar-refractivity contribution in [3.05, 3.63) is 29.8 Å². The first-order valence-corrected chi connectivity index (χ1v) is 4.87. The van der Waals surface area contributed by atoms with Gasteiger partial charge >= 0.3 is 6.09 Å². The molecule has 1 aliphatic rings. The van der Waals surface area contributed by atoms with Crippen molar-refractivity contribution < 1.29 is 19.4 Å². The molecule has 1 aliphatic heterocycles. The van der Waals surface area contributed by atoms with Gasteiger partial charge in [-0.2, -0.15) is 0 Å². The van der Waals surface area contributed by atoms with E-state index in [4.69, 9.17) is 4.74 Å². The Morgan fingerprint density at radius 1 is 1.38 bits per heavy atom. The van der Waals surface area contributed by atoms with E-state index in [1.54, 1.807) is 24.3 Å². The number of hydrogen-bond donors (Lipinski definition) is 1. The summed E-state index contributed by atoms with van der Waals surface area (Å²) in [5.41, 5.74) is 1.29. The molecule has 1 aromatic rings. The van der Waals surface area contributed by atoms with Crippen molar-refractivity contribution in [3.8, 4) is 0 Å². The van der Waals surface area contributed by atoms with Gasteiger partial charge in [0, 0.05) is 12.7 Å². The van der Waals surface area contributed by atoms with Crippen molar-refractivity contribution in [1.82, 2.24) is 0 Å². The molecular weight excluding hydrogens is 210 g/mol. The van der Waals surface area contributed by atoms with Crippen molar-refractivity contribution >= 4 is 11.8 Å². The second-order valence-corrected chi connectivity index (χ2v) is 3.47. The first-order chi connectivity index (χ1) is 7.70. The smallest absolute Gasteiger partial charge is 0.416 e. The van der Waals surface area contributed by atoms with Crippen LogP contribution in [0, 0.1) is 0 Å². The van der Waals surface area contributed by atoms with Crippen molar-refractivity contribution in [2.45, 2.75) is 12.3 Å². The Morgan fingerprint density at radius 3 is 2.69 bits per heavy atom. The molecule has 5 nitrogen and oxygen atoms in total. The van der Waals surface area contributed by atoms with Gasteiger partial charge in [0.1, 0.15) is 6.10 Å². The van der Waals surface area contributed by atoms with Crippen molar-refractivity contribution in [2.24, 2.45) is 0 Å². The number of anilines is 1. The average molecular weight is 223 g/mol. The Bertz CT molecular complexity index is 407. The number of aliphatic hydroxyl groups is 1. The van der Waals surface area contributed by atoms with Crippen LogP contribution in [0.25, 0.3) is 0 Å². The summed E-state index contributed by atoms with van der Waals surface area (Å²) in [6, 6.07) is 7.10. The minimum Gasteiger partial charge on any atom is -0.452 e. The molecule has 0 radical (unpaired) electrons. The van der Waals surface area contributed by atoms with Crippen LogP contribution in [0.15, 0.2) is 24.3 Å². The molecule has 0 spiro atoms. The van der Waals surface area contributed by atoms with E-state index in [1.165, 1.54) is 19.1 Å². The number of nitrogens with zero attached hydrogens (tertiary/aromatic N) is 1. The van der Waals surface area contributed by atoms with Gasteiger partial charge in [0.15, 0.2) is 6.23 Å². The number of fused-ring (bicyclic) bond motifs is 1. The van der Waals surface area contributed by atoms with E-state index in [0.29, 0.717) is 11.3 Å². The van der Waals surface area contributed by atoms with Crippen molar-refractivity contribution in [1.29, 1.82) is 0 Å². The zero-order valence-electron chi connectivity index (χ0n) is 9.08. The number of carbonyl (C=O) groups is 1. The summed E-state index contributed by atoms with van der Waals surface area (Å²) < 4.78 is 9.78. The number of benzene rings is 1. The molecule has 2 rings (SSSR count). The summed E-state index contributed by atoms with van der Waals surface area (Å²) in [6.07, 6.45) is -2.12. The van der Waals surface area contributed by atoms with Gasteiger partial charge in [0.05, 0.1) is 12.8 Å². The van der Waals surface area contributed by atoms with Gasteiger partial charge < -0.3 is 14.6 Å². The van der Waals surface area contributed by atoms with Crippen LogP contribution in [0.4, 0.5) is 10.5 Å². The Morgan fingerprint density at radius 2 is 2.06 bits per heavy atom. The third-order valence-electron chi connectivity index (χ3n) is 2.65. The molecule has 2 atom stereocenters. The molecule has 5 heteroatoms. The molecular formula is C11H13NO4. The lowest BCUT2D eigenvalue weighted by Gasteiger charge is -2.23. The van der Waals surface area contributed by atoms with Crippen LogP contribution in [-0.2, 0) is 9.47 Å². The van der Waals surface area contributed by atoms with E-state index in [9.17, 15) is 9.90 Å². The van der Waals surface area contributed by atoms with E-state index in [0.717, 1.165) is 0 Å². The number of para-hydroxylation sites is 1. The highest BCUT2D eigenvalue weighted by atomic mass is 16.6. The van der Waals surface area contributed by atoms with E-state index in [2.05, 4.69) is 4.74 Å². The number of amides is 1. The second-order valence-electron chi connectivity index (χ2n) is 3.47. The van der Waals surface area contributed by atoms with Crippen LogP contribution >= 0.6 is 0 Å². The lowest BCUT2D eigenvalue weighted by molar-refractivity contribution is -0.00321. The zero-order valence-corrected chi connectivity index (χ0v) is 9.08. The average Bonchev–Trinajstić information content (AvgIpc) is 2.62. The van der Waals surface area contributed by atoms with E-state index < -0.39 is 18.4 Å². The molecule has 0 fully saturated rings. The lowest BCUT2D eigenvalue weighted by atomic mass is 10.1. The molecule has 0 unspecified atom stereocenters.